The molecule has 0 radical (unpaired) electrons. The van der Waals surface area contributed by atoms with Crippen LogP contribution in [0.3, 0.4) is 0 Å². The first kappa shape index (κ1) is 17.5. The fourth-order valence-corrected chi connectivity index (χ4v) is 4.22. The van der Waals surface area contributed by atoms with Crippen LogP contribution < -0.4 is 15.4 Å². The van der Waals surface area contributed by atoms with Crippen molar-refractivity contribution in [3.8, 4) is 5.75 Å². The molecule has 2 N–H and O–H groups in total. The highest BCUT2D eigenvalue weighted by atomic mass is 16.5. The summed E-state index contributed by atoms with van der Waals surface area (Å²) in [4.78, 5) is 2.24. The van der Waals surface area contributed by atoms with Crippen LogP contribution >= 0.6 is 0 Å². The smallest absolute Gasteiger partial charge is 0.232 e. The second kappa shape index (κ2) is 7.07. The standard InChI is InChI=1S/C21H25N5O2/c1-14-13-27-11-10-25(14)21-24-23-20-9-6-15(12-26(20)21)28-19-8-7-18(22)16-4-2-3-5-17(16)19/h2-6,9,12,14,18-19H,7-8,10-11,13,22H2,1H3/t14?,18-,19+/m0/s1. The first-order valence-electron chi connectivity index (χ1n) is 9.91. The highest BCUT2D eigenvalue weighted by molar-refractivity contribution is 5.49. The van der Waals surface area contributed by atoms with Crippen molar-refractivity contribution in [3.63, 3.8) is 0 Å². The van der Waals surface area contributed by atoms with Crippen LogP contribution in [0, 0.1) is 0 Å². The molecule has 0 spiro atoms. The summed E-state index contributed by atoms with van der Waals surface area (Å²) in [6.45, 7) is 4.35. The van der Waals surface area contributed by atoms with Crippen molar-refractivity contribution >= 4 is 11.6 Å². The molecule has 0 saturated carbocycles. The van der Waals surface area contributed by atoms with Crippen molar-refractivity contribution in [1.82, 2.24) is 14.6 Å². The molecule has 2 aliphatic rings. The molecule has 7 heteroatoms. The van der Waals surface area contributed by atoms with E-state index in [1.807, 2.05) is 34.9 Å². The molecule has 3 heterocycles. The van der Waals surface area contributed by atoms with Gasteiger partial charge in [0.1, 0.15) is 11.9 Å². The Labute approximate surface area is 164 Å². The zero-order chi connectivity index (χ0) is 19.1. The number of aromatic nitrogens is 3. The number of pyridine rings is 1. The topological polar surface area (TPSA) is 77.9 Å². The molecule has 1 aliphatic heterocycles. The monoisotopic (exact) mass is 379 g/mol. The molecule has 1 unspecified atom stereocenters. The molecule has 146 valence electrons. The lowest BCUT2D eigenvalue weighted by atomic mass is 9.86. The van der Waals surface area contributed by atoms with E-state index >= 15 is 0 Å². The SMILES string of the molecule is CC1COCCN1c1nnc2ccc(O[C@@H]3CC[C@H](N)c4ccccc43)cn12. The van der Waals surface area contributed by atoms with E-state index in [0.29, 0.717) is 13.2 Å². The molecular weight excluding hydrogens is 354 g/mol. The number of nitrogens with zero attached hydrogens (tertiary/aromatic N) is 4. The first-order chi connectivity index (χ1) is 13.7. The van der Waals surface area contributed by atoms with Crippen LogP contribution in [-0.4, -0.2) is 40.4 Å². The van der Waals surface area contributed by atoms with Crippen LogP contribution in [0.2, 0.25) is 0 Å². The Morgan fingerprint density at radius 3 is 2.82 bits per heavy atom. The Bertz CT molecular complexity index is 988. The molecule has 1 saturated heterocycles. The molecule has 1 aromatic carbocycles. The van der Waals surface area contributed by atoms with Crippen molar-refractivity contribution in [1.29, 1.82) is 0 Å². The van der Waals surface area contributed by atoms with Crippen LogP contribution in [-0.2, 0) is 4.74 Å². The summed E-state index contributed by atoms with van der Waals surface area (Å²) in [7, 11) is 0. The van der Waals surface area contributed by atoms with E-state index < -0.39 is 0 Å². The lowest BCUT2D eigenvalue weighted by Gasteiger charge is -2.33. The van der Waals surface area contributed by atoms with Crippen LogP contribution in [0.25, 0.3) is 5.65 Å². The van der Waals surface area contributed by atoms with Gasteiger partial charge in [0, 0.05) is 12.6 Å². The zero-order valence-electron chi connectivity index (χ0n) is 16.0. The van der Waals surface area contributed by atoms with Crippen molar-refractivity contribution in [2.24, 2.45) is 5.73 Å². The van der Waals surface area contributed by atoms with Gasteiger partial charge in [-0.1, -0.05) is 24.3 Å². The van der Waals surface area contributed by atoms with Crippen molar-refractivity contribution in [2.75, 3.05) is 24.7 Å². The van der Waals surface area contributed by atoms with Gasteiger partial charge in [0.15, 0.2) is 5.65 Å². The van der Waals surface area contributed by atoms with Gasteiger partial charge < -0.3 is 20.1 Å². The largest absolute Gasteiger partial charge is 0.484 e. The summed E-state index contributed by atoms with van der Waals surface area (Å²) >= 11 is 0. The van der Waals surface area contributed by atoms with Crippen LogP contribution in [0.4, 0.5) is 5.95 Å². The van der Waals surface area contributed by atoms with Crippen molar-refractivity contribution in [3.05, 3.63) is 53.7 Å². The molecule has 5 rings (SSSR count). The van der Waals surface area contributed by atoms with Gasteiger partial charge in [0.2, 0.25) is 5.95 Å². The van der Waals surface area contributed by atoms with E-state index in [9.17, 15) is 0 Å². The van der Waals surface area contributed by atoms with E-state index in [2.05, 4.69) is 34.2 Å². The third-order valence-electron chi connectivity index (χ3n) is 5.74. The van der Waals surface area contributed by atoms with Gasteiger partial charge in [-0.05, 0) is 43.0 Å². The minimum atomic E-state index is 0.00990. The highest BCUT2D eigenvalue weighted by Gasteiger charge is 2.27. The molecule has 1 fully saturated rings. The quantitative estimate of drug-likeness (QED) is 0.754. The molecule has 3 aromatic rings. The fourth-order valence-electron chi connectivity index (χ4n) is 4.22. The molecular formula is C21H25N5O2. The average Bonchev–Trinajstić information content (AvgIpc) is 3.14. The number of nitrogens with two attached hydrogens (primary N) is 1. The number of fused-ring (bicyclic) bond motifs is 2. The third-order valence-corrected chi connectivity index (χ3v) is 5.74. The highest BCUT2D eigenvalue weighted by Crippen LogP contribution is 2.37. The van der Waals surface area contributed by atoms with Gasteiger partial charge in [0.05, 0.1) is 25.5 Å². The normalized spacial score (nSPS) is 24.9. The number of morpholine rings is 1. The summed E-state index contributed by atoms with van der Waals surface area (Å²) in [5.41, 5.74) is 9.47. The number of rotatable bonds is 3. The van der Waals surface area contributed by atoms with Crippen LogP contribution in [0.15, 0.2) is 42.6 Å². The molecule has 1 aliphatic carbocycles. The number of ether oxygens (including phenoxy) is 2. The van der Waals surface area contributed by atoms with Gasteiger partial charge >= 0.3 is 0 Å². The molecule has 2 aromatic heterocycles. The third kappa shape index (κ3) is 3.00. The average molecular weight is 379 g/mol. The number of anilines is 1. The van der Waals surface area contributed by atoms with Gasteiger partial charge in [-0.2, -0.15) is 0 Å². The Morgan fingerprint density at radius 2 is 1.96 bits per heavy atom. The summed E-state index contributed by atoms with van der Waals surface area (Å²) < 4.78 is 14.0. The van der Waals surface area contributed by atoms with Crippen molar-refractivity contribution in [2.45, 2.75) is 38.0 Å². The van der Waals surface area contributed by atoms with E-state index in [1.54, 1.807) is 0 Å². The lowest BCUT2D eigenvalue weighted by Crippen LogP contribution is -2.44. The second-order valence-electron chi connectivity index (χ2n) is 7.63. The van der Waals surface area contributed by atoms with Crippen LogP contribution in [0.1, 0.15) is 43.0 Å². The molecule has 28 heavy (non-hydrogen) atoms. The van der Waals surface area contributed by atoms with E-state index in [4.69, 9.17) is 15.2 Å². The van der Waals surface area contributed by atoms with E-state index in [1.165, 1.54) is 11.1 Å². The predicted octanol–water partition coefficient (Wildman–Crippen LogP) is 2.87. The Hall–Kier alpha value is -2.64. The van der Waals surface area contributed by atoms with Gasteiger partial charge in [-0.3, -0.25) is 4.40 Å². The summed E-state index contributed by atoms with van der Waals surface area (Å²) in [6.07, 6.45) is 3.83. The van der Waals surface area contributed by atoms with Gasteiger partial charge in [-0.25, -0.2) is 0 Å². The number of benzene rings is 1. The van der Waals surface area contributed by atoms with Crippen molar-refractivity contribution < 1.29 is 9.47 Å². The van der Waals surface area contributed by atoms with Gasteiger partial charge in [-0.15, -0.1) is 10.2 Å². The first-order valence-corrected chi connectivity index (χ1v) is 9.91. The summed E-state index contributed by atoms with van der Waals surface area (Å²) in [5.74, 6) is 1.65. The second-order valence-corrected chi connectivity index (χ2v) is 7.63. The Balaban J connectivity index is 1.46. The van der Waals surface area contributed by atoms with E-state index in [0.717, 1.165) is 36.7 Å². The Morgan fingerprint density at radius 1 is 1.11 bits per heavy atom. The maximum atomic E-state index is 6.40. The predicted molar refractivity (Wildman–Crippen MR) is 107 cm³/mol. The molecule has 0 bridgehead atoms. The maximum absolute atomic E-state index is 6.40. The van der Waals surface area contributed by atoms with Crippen LogP contribution in [0.5, 0.6) is 5.75 Å². The maximum Gasteiger partial charge on any atom is 0.232 e. The lowest BCUT2D eigenvalue weighted by molar-refractivity contribution is 0.0980. The number of hydrogen-bond donors (Lipinski definition) is 1. The van der Waals surface area contributed by atoms with Gasteiger partial charge in [0.25, 0.3) is 0 Å². The summed E-state index contributed by atoms with van der Waals surface area (Å²) in [5, 5.41) is 8.73. The molecule has 3 atom stereocenters. The molecule has 7 nitrogen and oxygen atoms in total. The van der Waals surface area contributed by atoms with E-state index in [-0.39, 0.29) is 18.2 Å². The zero-order valence-corrected chi connectivity index (χ0v) is 16.0. The fraction of sp³-hybridized carbons (Fsp3) is 0.429. The Kier molecular flexibility index (Phi) is 4.41. The summed E-state index contributed by atoms with van der Waals surface area (Å²) in [6, 6.07) is 12.6. The minimum absolute atomic E-state index is 0.00990. The molecule has 0 amide bonds. The number of hydrogen-bond acceptors (Lipinski definition) is 6. The minimum Gasteiger partial charge on any atom is -0.484 e.